The van der Waals surface area contributed by atoms with E-state index in [0.29, 0.717) is 12.8 Å². The first-order chi connectivity index (χ1) is 6.99. The minimum atomic E-state index is -3.83. The molecule has 6 nitrogen and oxygen atoms in total. The molecule has 0 aliphatic heterocycles. The van der Waals surface area contributed by atoms with E-state index in [0.717, 1.165) is 0 Å². The molecule has 0 unspecified atom stereocenters. The largest absolute Gasteiger partial charge is 0.488 e. The van der Waals surface area contributed by atoms with Crippen molar-refractivity contribution in [2.24, 2.45) is 0 Å². The van der Waals surface area contributed by atoms with E-state index in [4.69, 9.17) is 5.53 Å². The van der Waals surface area contributed by atoms with Gasteiger partial charge in [0.25, 0.3) is 9.84 Å². The zero-order valence-electron chi connectivity index (χ0n) is 8.76. The maximum absolute atomic E-state index is 11.4. The van der Waals surface area contributed by atoms with Crippen LogP contribution in [0.5, 0.6) is 0 Å². The average Bonchev–Trinajstić information content (AvgIpc) is 2.16. The van der Waals surface area contributed by atoms with Crippen molar-refractivity contribution in [3.63, 3.8) is 0 Å². The zero-order chi connectivity index (χ0) is 11.9. The van der Waals surface area contributed by atoms with Crippen molar-refractivity contribution in [1.29, 1.82) is 0 Å². The summed E-state index contributed by atoms with van der Waals surface area (Å²) in [5, 5.41) is -0.919. The molecule has 0 aromatic carbocycles. The highest BCUT2D eigenvalue weighted by atomic mass is 32.2. The third-order valence-corrected chi connectivity index (χ3v) is 3.27. The second kappa shape index (κ2) is 6.31. The Kier molecular flexibility index (Phi) is 5.81. The topological polar surface area (TPSA) is 96.8 Å². The van der Waals surface area contributed by atoms with Crippen molar-refractivity contribution < 1.29 is 22.7 Å². The minimum absolute atomic E-state index is 0.0289. The van der Waals surface area contributed by atoms with Crippen molar-refractivity contribution >= 4 is 20.9 Å². The Labute approximate surface area is 88.8 Å². The van der Waals surface area contributed by atoms with Crippen LogP contribution in [-0.2, 0) is 19.4 Å². The van der Waals surface area contributed by atoms with E-state index in [1.807, 2.05) is 6.92 Å². The second-order valence-electron chi connectivity index (χ2n) is 2.80. The number of ether oxygens (including phenoxy) is 1. The molecule has 0 fully saturated rings. The van der Waals surface area contributed by atoms with Gasteiger partial charge in [0.2, 0.25) is 0 Å². The molecule has 0 radical (unpaired) electrons. The molecular formula is C8H14N2O4S. The molecule has 0 aromatic rings. The van der Waals surface area contributed by atoms with E-state index in [9.17, 15) is 13.2 Å². The molecule has 0 atom stereocenters. The van der Waals surface area contributed by atoms with Gasteiger partial charge in [-0.25, -0.2) is 13.2 Å². The minimum Gasteiger partial charge on any atom is -0.457 e. The predicted molar refractivity (Wildman–Crippen MR) is 54.0 cm³/mol. The molecular weight excluding hydrogens is 220 g/mol. The first kappa shape index (κ1) is 13.8. The summed E-state index contributed by atoms with van der Waals surface area (Å²) in [4.78, 5) is 13.6. The van der Waals surface area contributed by atoms with E-state index in [1.54, 1.807) is 0 Å². The Morgan fingerprint density at radius 3 is 2.40 bits per heavy atom. The van der Waals surface area contributed by atoms with Crippen LogP contribution in [0, 0.1) is 0 Å². The number of unbranched alkanes of at least 4 members (excludes halogenated alkanes) is 1. The maximum Gasteiger partial charge on any atom is 0.488 e. The van der Waals surface area contributed by atoms with E-state index in [-0.39, 0.29) is 12.4 Å². The average molecular weight is 234 g/mol. The lowest BCUT2D eigenvalue weighted by atomic mass is 10.4. The van der Waals surface area contributed by atoms with Gasteiger partial charge in [0.05, 0.1) is 12.4 Å². The van der Waals surface area contributed by atoms with Crippen LogP contribution in [0.1, 0.15) is 26.7 Å². The summed E-state index contributed by atoms with van der Waals surface area (Å²) in [5.74, 6) is -1.34. The molecule has 0 rings (SSSR count). The Morgan fingerprint density at radius 1 is 1.40 bits per heavy atom. The Hall–Kier alpha value is -1.20. The summed E-state index contributed by atoms with van der Waals surface area (Å²) < 4.78 is 27.3. The van der Waals surface area contributed by atoms with Crippen LogP contribution >= 0.6 is 0 Å². The maximum atomic E-state index is 11.4. The van der Waals surface area contributed by atoms with E-state index >= 15 is 0 Å². The highest BCUT2D eigenvalue weighted by Crippen LogP contribution is 2.00. The van der Waals surface area contributed by atoms with Gasteiger partial charge in [-0.15, -0.1) is 4.79 Å². The molecule has 0 N–H and O–H groups in total. The van der Waals surface area contributed by atoms with Gasteiger partial charge in [0.15, 0.2) is 0 Å². The van der Waals surface area contributed by atoms with Gasteiger partial charge in [-0.3, -0.25) is 0 Å². The number of esters is 1. The summed E-state index contributed by atoms with van der Waals surface area (Å²) >= 11 is 0. The van der Waals surface area contributed by atoms with Crippen molar-refractivity contribution in [2.45, 2.75) is 26.7 Å². The van der Waals surface area contributed by atoms with Crippen LogP contribution in [0.4, 0.5) is 0 Å². The molecule has 0 amide bonds. The fourth-order valence-corrected chi connectivity index (χ4v) is 2.15. The van der Waals surface area contributed by atoms with Gasteiger partial charge in [0.1, 0.15) is 0 Å². The first-order valence-electron chi connectivity index (χ1n) is 4.61. The summed E-state index contributed by atoms with van der Waals surface area (Å²) in [6, 6.07) is 0. The van der Waals surface area contributed by atoms with Crippen molar-refractivity contribution in [3.8, 4) is 0 Å². The number of rotatable bonds is 4. The van der Waals surface area contributed by atoms with E-state index in [1.165, 1.54) is 6.92 Å². The van der Waals surface area contributed by atoms with E-state index in [2.05, 4.69) is 9.53 Å². The normalized spacial score (nSPS) is 10.5. The van der Waals surface area contributed by atoms with Gasteiger partial charge in [-0.1, -0.05) is 13.3 Å². The van der Waals surface area contributed by atoms with Crippen molar-refractivity contribution in [3.05, 3.63) is 5.53 Å². The standard InChI is InChI=1S/C8H14N2O4S/c1-3-5-6-15(12,13)7(10-9)8(11)14-4-2/h3-6H2,1-2H3. The Morgan fingerprint density at radius 2 is 2.00 bits per heavy atom. The molecule has 7 heteroatoms. The SMILES string of the molecule is CCCCS(=O)(=O)C(=[N+]=[N-])C(=O)OCC. The number of carbonyl (C=O) groups excluding carboxylic acids is 1. The fourth-order valence-electron chi connectivity index (χ4n) is 0.854. The fraction of sp³-hybridized carbons (Fsp3) is 0.750. The molecule has 0 aliphatic rings. The lowest BCUT2D eigenvalue weighted by Crippen LogP contribution is -2.29. The van der Waals surface area contributed by atoms with Gasteiger partial charge in [-0.05, 0) is 13.3 Å². The van der Waals surface area contributed by atoms with Crippen LogP contribution in [0.2, 0.25) is 0 Å². The van der Waals surface area contributed by atoms with Gasteiger partial charge < -0.3 is 10.3 Å². The van der Waals surface area contributed by atoms with Gasteiger partial charge in [0, 0.05) is 0 Å². The molecule has 0 heterocycles. The summed E-state index contributed by atoms with van der Waals surface area (Å²) in [5.41, 5.74) is 8.47. The van der Waals surface area contributed by atoms with Gasteiger partial charge in [-0.2, -0.15) is 0 Å². The molecule has 0 bridgehead atoms. The smallest absolute Gasteiger partial charge is 0.457 e. The lowest BCUT2D eigenvalue weighted by Gasteiger charge is -1.98. The summed E-state index contributed by atoms with van der Waals surface area (Å²) in [6.07, 6.45) is 1.07. The molecule has 86 valence electrons. The van der Waals surface area contributed by atoms with Crippen LogP contribution < -0.4 is 0 Å². The quantitative estimate of drug-likeness (QED) is 0.231. The number of carbonyl (C=O) groups is 1. The first-order valence-corrected chi connectivity index (χ1v) is 6.26. The third-order valence-electron chi connectivity index (χ3n) is 1.60. The Balaban J connectivity index is 4.84. The Bertz CT molecular complexity index is 368. The highest BCUT2D eigenvalue weighted by molar-refractivity contribution is 8.07. The molecule has 0 aromatic heterocycles. The number of hydrogen-bond donors (Lipinski definition) is 0. The molecule has 15 heavy (non-hydrogen) atoms. The second-order valence-corrected chi connectivity index (χ2v) is 4.82. The highest BCUT2D eigenvalue weighted by Gasteiger charge is 2.36. The molecule has 0 spiro atoms. The van der Waals surface area contributed by atoms with Crippen LogP contribution in [0.25, 0.3) is 5.53 Å². The van der Waals surface area contributed by atoms with Gasteiger partial charge >= 0.3 is 11.0 Å². The number of sulfone groups is 1. The van der Waals surface area contributed by atoms with Crippen LogP contribution in [-0.4, -0.2) is 36.6 Å². The summed E-state index contributed by atoms with van der Waals surface area (Å²) in [6.45, 7) is 3.38. The predicted octanol–water partition coefficient (Wildman–Crippen LogP) is 0.393. The molecule has 0 aliphatic carbocycles. The number of nitrogens with zero attached hydrogens (tertiary/aromatic N) is 2. The van der Waals surface area contributed by atoms with Crippen molar-refractivity contribution in [1.82, 2.24) is 0 Å². The monoisotopic (exact) mass is 234 g/mol. The number of hydrogen-bond acceptors (Lipinski definition) is 4. The molecule has 0 saturated carbocycles. The lowest BCUT2D eigenvalue weighted by molar-refractivity contribution is -0.138. The zero-order valence-corrected chi connectivity index (χ0v) is 9.58. The molecule has 0 saturated heterocycles. The van der Waals surface area contributed by atoms with Crippen LogP contribution in [0.3, 0.4) is 0 Å². The van der Waals surface area contributed by atoms with E-state index < -0.39 is 20.9 Å². The van der Waals surface area contributed by atoms with Crippen LogP contribution in [0.15, 0.2) is 0 Å². The third kappa shape index (κ3) is 4.22. The summed E-state index contributed by atoms with van der Waals surface area (Å²) in [7, 11) is -3.83. The van der Waals surface area contributed by atoms with Crippen molar-refractivity contribution in [2.75, 3.05) is 12.4 Å².